The first-order chi connectivity index (χ1) is 13.4. The number of halogens is 3. The van der Waals surface area contributed by atoms with E-state index in [2.05, 4.69) is 15.0 Å². The summed E-state index contributed by atoms with van der Waals surface area (Å²) >= 11 is 0. The molecule has 0 bridgehead atoms. The molecular formula is C20H14F3N3O2. The number of methoxy groups -OCH3 is 1. The Morgan fingerprint density at radius 1 is 0.929 bits per heavy atom. The lowest BCUT2D eigenvalue weighted by Crippen LogP contribution is -2.04. The van der Waals surface area contributed by atoms with Crippen molar-refractivity contribution >= 4 is 11.0 Å². The normalized spacial score (nSPS) is 11.6. The average Bonchev–Trinajstić information content (AvgIpc) is 3.13. The van der Waals surface area contributed by atoms with E-state index in [1.807, 2.05) is 24.3 Å². The molecule has 2 aromatic heterocycles. The van der Waals surface area contributed by atoms with Crippen LogP contribution >= 0.6 is 0 Å². The molecule has 1 N–H and O–H groups in total. The molecule has 0 unspecified atom stereocenters. The molecule has 5 nitrogen and oxygen atoms in total. The largest absolute Gasteiger partial charge is 0.497 e. The molecular weight excluding hydrogens is 371 g/mol. The Morgan fingerprint density at radius 2 is 1.71 bits per heavy atom. The number of hydrogen-bond acceptors (Lipinski definition) is 4. The van der Waals surface area contributed by atoms with E-state index < -0.39 is 11.7 Å². The predicted molar refractivity (Wildman–Crippen MR) is 97.4 cm³/mol. The third-order valence-corrected chi connectivity index (χ3v) is 4.15. The van der Waals surface area contributed by atoms with Crippen LogP contribution in [0.2, 0.25) is 0 Å². The number of nitrogens with one attached hydrogen (secondary N) is 1. The van der Waals surface area contributed by atoms with Gasteiger partial charge in [-0.25, -0.2) is 9.97 Å². The lowest BCUT2D eigenvalue weighted by atomic mass is 10.1. The molecule has 0 aliphatic heterocycles. The molecule has 4 aromatic rings. The van der Waals surface area contributed by atoms with Crippen LogP contribution < -0.4 is 9.47 Å². The van der Waals surface area contributed by atoms with Crippen molar-refractivity contribution in [2.24, 2.45) is 0 Å². The molecule has 28 heavy (non-hydrogen) atoms. The van der Waals surface area contributed by atoms with Gasteiger partial charge in [0.25, 0.3) is 0 Å². The molecule has 0 aliphatic carbocycles. The highest BCUT2D eigenvalue weighted by atomic mass is 19.4. The summed E-state index contributed by atoms with van der Waals surface area (Å²) in [6.45, 7) is 0. The van der Waals surface area contributed by atoms with Gasteiger partial charge in [0.05, 0.1) is 18.1 Å². The summed E-state index contributed by atoms with van der Waals surface area (Å²) < 4.78 is 49.6. The van der Waals surface area contributed by atoms with Gasteiger partial charge >= 0.3 is 6.18 Å². The van der Waals surface area contributed by atoms with Gasteiger partial charge in [-0.05, 0) is 36.4 Å². The summed E-state index contributed by atoms with van der Waals surface area (Å²) in [4.78, 5) is 11.4. The Kier molecular flexibility index (Phi) is 4.38. The molecule has 0 saturated carbocycles. The number of alkyl halides is 3. The van der Waals surface area contributed by atoms with Crippen molar-refractivity contribution in [1.29, 1.82) is 0 Å². The Hall–Kier alpha value is -3.55. The molecule has 142 valence electrons. The van der Waals surface area contributed by atoms with E-state index in [1.54, 1.807) is 13.2 Å². The molecule has 0 spiro atoms. The number of fused-ring (bicyclic) bond motifs is 1. The summed E-state index contributed by atoms with van der Waals surface area (Å²) in [6.07, 6.45) is -3.16. The minimum Gasteiger partial charge on any atom is -0.497 e. The number of nitrogens with zero attached hydrogens (tertiary/aromatic N) is 2. The van der Waals surface area contributed by atoms with Crippen LogP contribution in [0.25, 0.3) is 22.3 Å². The summed E-state index contributed by atoms with van der Waals surface area (Å²) in [7, 11) is 1.58. The topological polar surface area (TPSA) is 60.0 Å². The van der Waals surface area contributed by atoms with Crippen molar-refractivity contribution in [3.05, 3.63) is 66.5 Å². The second-order valence-electron chi connectivity index (χ2n) is 5.98. The lowest BCUT2D eigenvalue weighted by Gasteiger charge is -2.09. The highest BCUT2D eigenvalue weighted by molar-refractivity contribution is 5.87. The SMILES string of the molecule is COc1cccc(-c2cc3c(Oc4cccc(C(F)(F)F)c4)ncnc3[nH]2)c1. The maximum Gasteiger partial charge on any atom is 0.416 e. The van der Waals surface area contributed by atoms with Gasteiger partial charge in [-0.15, -0.1) is 0 Å². The van der Waals surface area contributed by atoms with E-state index in [-0.39, 0.29) is 11.6 Å². The zero-order valence-electron chi connectivity index (χ0n) is 14.6. The number of rotatable bonds is 4. The van der Waals surface area contributed by atoms with Crippen LogP contribution in [-0.2, 0) is 6.18 Å². The fraction of sp³-hybridized carbons (Fsp3) is 0.100. The van der Waals surface area contributed by atoms with Gasteiger partial charge in [-0.2, -0.15) is 13.2 Å². The zero-order valence-corrected chi connectivity index (χ0v) is 14.6. The first kappa shape index (κ1) is 17.8. The highest BCUT2D eigenvalue weighted by Crippen LogP contribution is 2.35. The van der Waals surface area contributed by atoms with Crippen LogP contribution in [0, 0.1) is 0 Å². The maximum atomic E-state index is 12.9. The molecule has 0 fully saturated rings. The molecule has 0 amide bonds. The molecule has 4 rings (SSSR count). The van der Waals surface area contributed by atoms with E-state index in [4.69, 9.17) is 9.47 Å². The van der Waals surface area contributed by atoms with Crippen molar-refractivity contribution in [2.45, 2.75) is 6.18 Å². The summed E-state index contributed by atoms with van der Waals surface area (Å²) in [5.41, 5.74) is 1.34. The maximum absolute atomic E-state index is 12.9. The monoisotopic (exact) mass is 385 g/mol. The van der Waals surface area contributed by atoms with Gasteiger partial charge in [-0.1, -0.05) is 18.2 Å². The first-order valence-corrected chi connectivity index (χ1v) is 8.27. The smallest absolute Gasteiger partial charge is 0.416 e. The summed E-state index contributed by atoms with van der Waals surface area (Å²) in [5, 5.41) is 0.553. The van der Waals surface area contributed by atoms with E-state index in [9.17, 15) is 13.2 Å². The van der Waals surface area contributed by atoms with E-state index in [1.165, 1.54) is 18.5 Å². The average molecular weight is 385 g/mol. The third-order valence-electron chi connectivity index (χ3n) is 4.15. The molecule has 2 aromatic carbocycles. The van der Waals surface area contributed by atoms with Gasteiger partial charge in [-0.3, -0.25) is 0 Å². The van der Waals surface area contributed by atoms with Crippen molar-refractivity contribution in [1.82, 2.24) is 15.0 Å². The Balaban J connectivity index is 1.72. The minimum absolute atomic E-state index is 0.0407. The number of benzene rings is 2. The van der Waals surface area contributed by atoms with E-state index in [0.717, 1.165) is 23.4 Å². The van der Waals surface area contributed by atoms with Crippen LogP contribution in [0.4, 0.5) is 13.2 Å². The number of hydrogen-bond donors (Lipinski definition) is 1. The summed E-state index contributed by atoms with van der Waals surface area (Å²) in [5.74, 6) is 0.899. The molecule has 0 saturated heterocycles. The van der Waals surface area contributed by atoms with Crippen LogP contribution in [0.1, 0.15) is 5.56 Å². The lowest BCUT2D eigenvalue weighted by molar-refractivity contribution is -0.137. The Labute approximate surface area is 157 Å². The highest BCUT2D eigenvalue weighted by Gasteiger charge is 2.30. The Bertz CT molecular complexity index is 1140. The van der Waals surface area contributed by atoms with Crippen molar-refractivity contribution < 1.29 is 22.6 Å². The number of H-pyrrole nitrogens is 1. The summed E-state index contributed by atoms with van der Waals surface area (Å²) in [6, 6.07) is 13.9. The zero-order chi connectivity index (χ0) is 19.7. The second-order valence-corrected chi connectivity index (χ2v) is 5.98. The van der Waals surface area contributed by atoms with E-state index >= 15 is 0 Å². The van der Waals surface area contributed by atoms with Crippen LogP contribution in [0.15, 0.2) is 60.9 Å². The van der Waals surface area contributed by atoms with Crippen molar-refractivity contribution in [3.8, 4) is 28.6 Å². The second kappa shape index (κ2) is 6.88. The minimum atomic E-state index is -4.45. The number of aromatic amines is 1. The van der Waals surface area contributed by atoms with Crippen LogP contribution in [0.5, 0.6) is 17.4 Å². The van der Waals surface area contributed by atoms with Crippen LogP contribution in [0.3, 0.4) is 0 Å². The van der Waals surface area contributed by atoms with Gasteiger partial charge < -0.3 is 14.5 Å². The van der Waals surface area contributed by atoms with Gasteiger partial charge in [0.1, 0.15) is 23.5 Å². The van der Waals surface area contributed by atoms with Gasteiger partial charge in [0, 0.05) is 11.3 Å². The van der Waals surface area contributed by atoms with Crippen molar-refractivity contribution in [3.63, 3.8) is 0 Å². The molecule has 0 aliphatic rings. The fourth-order valence-corrected chi connectivity index (χ4v) is 2.79. The quantitative estimate of drug-likeness (QED) is 0.508. The molecule has 8 heteroatoms. The standard InChI is InChI=1S/C20H14F3N3O2/c1-27-14-6-2-4-12(8-14)17-10-16-18(26-17)24-11-25-19(16)28-15-7-3-5-13(9-15)20(21,22)23/h2-11H,1H3,(H,24,25,26). The van der Waals surface area contributed by atoms with Crippen LogP contribution in [-0.4, -0.2) is 22.1 Å². The molecule has 2 heterocycles. The fourth-order valence-electron chi connectivity index (χ4n) is 2.79. The first-order valence-electron chi connectivity index (χ1n) is 8.27. The number of ether oxygens (including phenoxy) is 2. The third kappa shape index (κ3) is 3.48. The van der Waals surface area contributed by atoms with Crippen molar-refractivity contribution in [2.75, 3.05) is 7.11 Å². The number of aromatic nitrogens is 3. The van der Waals surface area contributed by atoms with E-state index in [0.29, 0.717) is 16.8 Å². The molecule has 0 radical (unpaired) electrons. The predicted octanol–water partition coefficient (Wildman–Crippen LogP) is 5.44. The van der Waals surface area contributed by atoms with Gasteiger partial charge in [0.2, 0.25) is 5.88 Å². The molecule has 0 atom stereocenters. The van der Waals surface area contributed by atoms with Gasteiger partial charge in [0.15, 0.2) is 0 Å². The Morgan fingerprint density at radius 3 is 2.50 bits per heavy atom.